The first-order valence-electron chi connectivity index (χ1n) is 7.95. The van der Waals surface area contributed by atoms with Crippen LogP contribution >= 0.6 is 0 Å². The minimum atomic E-state index is -0.253. The van der Waals surface area contributed by atoms with E-state index in [1.165, 1.54) is 0 Å². The number of rotatable bonds is 5. The fraction of sp³-hybridized carbons (Fsp3) is 0.211. The number of carbonyl (C=O) groups is 1. The number of anilines is 1. The molecular weight excluding hydrogens is 318 g/mol. The summed E-state index contributed by atoms with van der Waals surface area (Å²) >= 11 is 0. The van der Waals surface area contributed by atoms with Gasteiger partial charge in [-0.1, -0.05) is 18.2 Å². The minimum Gasteiger partial charge on any atom is -0.493 e. The third-order valence-electron chi connectivity index (χ3n) is 3.56. The molecule has 1 heterocycles. The zero-order valence-electron chi connectivity index (χ0n) is 14.3. The fourth-order valence-electron chi connectivity index (χ4n) is 2.47. The molecule has 1 amide bonds. The van der Waals surface area contributed by atoms with Crippen molar-refractivity contribution >= 4 is 23.5 Å². The molecule has 0 aliphatic carbocycles. The Morgan fingerprint density at radius 1 is 1.12 bits per heavy atom. The normalized spacial score (nSPS) is 14.9. The zero-order valence-corrected chi connectivity index (χ0v) is 14.3. The largest absolute Gasteiger partial charge is 0.493 e. The van der Waals surface area contributed by atoms with Crippen molar-refractivity contribution in [3.05, 3.63) is 53.6 Å². The molecule has 1 aliphatic heterocycles. The first-order valence-corrected chi connectivity index (χ1v) is 7.95. The van der Waals surface area contributed by atoms with Crippen molar-refractivity contribution in [1.29, 1.82) is 0 Å². The summed E-state index contributed by atoms with van der Waals surface area (Å²) in [5, 5.41) is 10.9. The van der Waals surface area contributed by atoms with Gasteiger partial charge in [0.25, 0.3) is 5.91 Å². The highest BCUT2D eigenvalue weighted by Gasteiger charge is 2.25. The highest BCUT2D eigenvalue weighted by molar-refractivity contribution is 6.53. The van der Waals surface area contributed by atoms with Crippen molar-refractivity contribution in [2.45, 2.75) is 20.0 Å². The maximum absolute atomic E-state index is 12.0. The van der Waals surface area contributed by atoms with Crippen molar-refractivity contribution in [1.82, 2.24) is 0 Å². The number of carbonyl (C=O) groups excluding carboxylic acids is 1. The Balaban J connectivity index is 1.82. The molecule has 1 aliphatic rings. The van der Waals surface area contributed by atoms with E-state index in [-0.39, 0.29) is 12.0 Å². The number of hydrogen-bond donors (Lipinski definition) is 1. The lowest BCUT2D eigenvalue weighted by atomic mass is 10.1. The van der Waals surface area contributed by atoms with Gasteiger partial charge >= 0.3 is 0 Å². The van der Waals surface area contributed by atoms with Gasteiger partial charge in [0.2, 0.25) is 0 Å². The first-order chi connectivity index (χ1) is 12.1. The molecule has 1 N–H and O–H groups in total. The van der Waals surface area contributed by atoms with Crippen molar-refractivity contribution in [3.63, 3.8) is 0 Å². The monoisotopic (exact) mass is 337 g/mol. The molecule has 6 heteroatoms. The average molecular weight is 337 g/mol. The maximum Gasteiger partial charge on any atom is 0.276 e. The molecular formula is C19H19N3O3. The number of hydrogen-bond acceptors (Lipinski definition) is 5. The van der Waals surface area contributed by atoms with Gasteiger partial charge in [0.1, 0.15) is 0 Å². The Hall–Kier alpha value is -3.15. The third-order valence-corrected chi connectivity index (χ3v) is 3.56. The number of benzene rings is 2. The standard InChI is InChI=1S/C19H19N3O3/c1-12(2)25-16-9-8-13(10-17(16)24-3)11-20-22-18-14-6-4-5-7-15(14)21-19(18)23/h4-12H,1-3H3,(H,21,22,23). The molecule has 0 bridgehead atoms. The van der Waals surface area contributed by atoms with Crippen LogP contribution in [0.2, 0.25) is 0 Å². The highest BCUT2D eigenvalue weighted by atomic mass is 16.5. The summed E-state index contributed by atoms with van der Waals surface area (Å²) < 4.78 is 11.0. The number of amides is 1. The molecule has 2 aromatic carbocycles. The van der Waals surface area contributed by atoms with Crippen molar-refractivity contribution in [2.24, 2.45) is 10.2 Å². The molecule has 0 saturated carbocycles. The summed E-state index contributed by atoms with van der Waals surface area (Å²) in [7, 11) is 1.59. The quantitative estimate of drug-likeness (QED) is 0.672. The van der Waals surface area contributed by atoms with Crippen LogP contribution in [-0.4, -0.2) is 31.0 Å². The molecule has 0 radical (unpaired) electrons. The van der Waals surface area contributed by atoms with E-state index in [1.807, 2.05) is 56.3 Å². The summed E-state index contributed by atoms with van der Waals surface area (Å²) in [4.78, 5) is 12.0. The Morgan fingerprint density at radius 3 is 2.68 bits per heavy atom. The second-order valence-corrected chi connectivity index (χ2v) is 5.77. The Bertz CT molecular complexity index is 857. The molecule has 0 atom stereocenters. The molecule has 25 heavy (non-hydrogen) atoms. The molecule has 6 nitrogen and oxygen atoms in total. The number of para-hydroxylation sites is 1. The van der Waals surface area contributed by atoms with Crippen LogP contribution in [0.3, 0.4) is 0 Å². The van der Waals surface area contributed by atoms with Gasteiger partial charge in [-0.05, 0) is 43.7 Å². The van der Waals surface area contributed by atoms with Crippen LogP contribution in [0.5, 0.6) is 11.5 Å². The summed E-state index contributed by atoms with van der Waals surface area (Å²) in [5.41, 5.74) is 2.60. The van der Waals surface area contributed by atoms with Crippen LogP contribution in [-0.2, 0) is 4.79 Å². The summed E-state index contributed by atoms with van der Waals surface area (Å²) in [6.45, 7) is 3.91. The van der Waals surface area contributed by atoms with Crippen LogP contribution in [0.15, 0.2) is 52.7 Å². The van der Waals surface area contributed by atoms with Crippen LogP contribution < -0.4 is 14.8 Å². The Morgan fingerprint density at radius 2 is 1.92 bits per heavy atom. The van der Waals surface area contributed by atoms with E-state index in [0.29, 0.717) is 17.2 Å². The highest BCUT2D eigenvalue weighted by Crippen LogP contribution is 2.28. The summed E-state index contributed by atoms with van der Waals surface area (Å²) in [6, 6.07) is 12.9. The van der Waals surface area contributed by atoms with Gasteiger partial charge in [-0.25, -0.2) is 0 Å². The van der Waals surface area contributed by atoms with E-state index >= 15 is 0 Å². The molecule has 0 unspecified atom stereocenters. The van der Waals surface area contributed by atoms with Gasteiger partial charge in [0.15, 0.2) is 17.2 Å². The predicted octanol–water partition coefficient (Wildman–Crippen LogP) is 3.26. The Labute approximate surface area is 146 Å². The molecule has 3 rings (SSSR count). The topological polar surface area (TPSA) is 72.3 Å². The van der Waals surface area contributed by atoms with Gasteiger partial charge in [0.05, 0.1) is 25.1 Å². The number of fused-ring (bicyclic) bond motifs is 1. The molecule has 0 fully saturated rings. The van der Waals surface area contributed by atoms with E-state index in [2.05, 4.69) is 15.5 Å². The van der Waals surface area contributed by atoms with Gasteiger partial charge < -0.3 is 14.8 Å². The molecule has 0 saturated heterocycles. The van der Waals surface area contributed by atoms with Gasteiger partial charge in [-0.3, -0.25) is 4.79 Å². The number of ether oxygens (including phenoxy) is 2. The van der Waals surface area contributed by atoms with Crippen LogP contribution in [0, 0.1) is 0 Å². The lowest BCUT2D eigenvalue weighted by molar-refractivity contribution is -0.110. The van der Waals surface area contributed by atoms with E-state index in [4.69, 9.17) is 9.47 Å². The SMILES string of the molecule is COc1cc(C=N/N=C2\C(=O)Nc3ccccc32)ccc1OC(C)C. The maximum atomic E-state index is 12.0. The smallest absolute Gasteiger partial charge is 0.276 e. The minimum absolute atomic E-state index is 0.0563. The van der Waals surface area contributed by atoms with E-state index in [1.54, 1.807) is 13.3 Å². The van der Waals surface area contributed by atoms with E-state index in [9.17, 15) is 4.79 Å². The van der Waals surface area contributed by atoms with Crippen molar-refractivity contribution < 1.29 is 14.3 Å². The lowest BCUT2D eigenvalue weighted by Gasteiger charge is -2.13. The fourth-order valence-corrected chi connectivity index (χ4v) is 2.47. The van der Waals surface area contributed by atoms with Crippen molar-refractivity contribution in [3.8, 4) is 11.5 Å². The summed E-state index contributed by atoms with van der Waals surface area (Å²) in [6.07, 6.45) is 1.63. The lowest BCUT2D eigenvalue weighted by Crippen LogP contribution is -2.13. The molecule has 2 aromatic rings. The number of nitrogens with one attached hydrogen (secondary N) is 1. The van der Waals surface area contributed by atoms with Crippen LogP contribution in [0.25, 0.3) is 0 Å². The second kappa shape index (κ2) is 7.17. The third kappa shape index (κ3) is 3.68. The molecule has 0 spiro atoms. The van der Waals surface area contributed by atoms with Gasteiger partial charge in [-0.2, -0.15) is 5.10 Å². The Kier molecular flexibility index (Phi) is 4.79. The van der Waals surface area contributed by atoms with E-state index < -0.39 is 0 Å². The van der Waals surface area contributed by atoms with Crippen LogP contribution in [0.1, 0.15) is 25.0 Å². The first kappa shape index (κ1) is 16.7. The summed E-state index contributed by atoms with van der Waals surface area (Å²) in [5.74, 6) is 1.04. The van der Waals surface area contributed by atoms with E-state index in [0.717, 1.165) is 16.8 Å². The number of methoxy groups -OCH3 is 1. The van der Waals surface area contributed by atoms with Crippen LogP contribution in [0.4, 0.5) is 5.69 Å². The molecule has 0 aromatic heterocycles. The second-order valence-electron chi connectivity index (χ2n) is 5.77. The number of nitrogens with zero attached hydrogens (tertiary/aromatic N) is 2. The predicted molar refractivity (Wildman–Crippen MR) is 98.0 cm³/mol. The van der Waals surface area contributed by atoms with Gasteiger partial charge in [-0.15, -0.1) is 5.10 Å². The van der Waals surface area contributed by atoms with Gasteiger partial charge in [0, 0.05) is 5.56 Å². The average Bonchev–Trinajstić information content (AvgIpc) is 2.91. The molecule has 128 valence electrons. The zero-order chi connectivity index (χ0) is 17.8. The van der Waals surface area contributed by atoms with Crippen molar-refractivity contribution in [2.75, 3.05) is 12.4 Å².